The summed E-state index contributed by atoms with van der Waals surface area (Å²) < 4.78 is 0. The van der Waals surface area contributed by atoms with Gasteiger partial charge >= 0.3 is 5.97 Å². The molecule has 12 heteroatoms. The Balaban J connectivity index is 4.96. The van der Waals surface area contributed by atoms with Gasteiger partial charge in [0.1, 0.15) is 12.1 Å². The van der Waals surface area contributed by atoms with Crippen molar-refractivity contribution >= 4 is 48.1 Å². The van der Waals surface area contributed by atoms with Gasteiger partial charge in [0.05, 0.1) is 6.04 Å². The number of carboxylic acid groups (broad SMARTS) is 1. The Morgan fingerprint density at radius 1 is 1.15 bits per heavy atom. The second kappa shape index (κ2) is 13.5. The minimum absolute atomic E-state index is 0.0739. The third-order valence-electron chi connectivity index (χ3n) is 3.34. The van der Waals surface area contributed by atoms with Crippen molar-refractivity contribution in [2.24, 2.45) is 22.2 Å². The van der Waals surface area contributed by atoms with Gasteiger partial charge in [0.25, 0.3) is 0 Å². The zero-order valence-corrected chi connectivity index (χ0v) is 16.4. The number of carbonyl (C=O) groups is 3. The number of hydrogen-bond donors (Lipinski definition) is 7. The number of nitrogens with zero attached hydrogens (tertiary/aromatic N) is 1. The smallest absolute Gasteiger partial charge is 0.326 e. The van der Waals surface area contributed by atoms with E-state index in [-0.39, 0.29) is 31.1 Å². The predicted molar refractivity (Wildman–Crippen MR) is 106 cm³/mol. The molecule has 0 fully saturated rings. The number of carboxylic acids is 1. The molecule has 0 spiro atoms. The number of guanidine groups is 1. The number of nitrogens with one attached hydrogen (secondary N) is 2. The summed E-state index contributed by atoms with van der Waals surface area (Å²) in [5, 5.41) is 14.2. The fourth-order valence-electron chi connectivity index (χ4n) is 1.90. The van der Waals surface area contributed by atoms with E-state index in [9.17, 15) is 19.5 Å². The largest absolute Gasteiger partial charge is 0.480 e. The number of aliphatic carboxylic acids is 1. The quantitative estimate of drug-likeness (QED) is 0.0797. The van der Waals surface area contributed by atoms with Crippen molar-refractivity contribution in [2.45, 2.75) is 37.4 Å². The summed E-state index contributed by atoms with van der Waals surface area (Å²) in [5.41, 5.74) is 16.1. The van der Waals surface area contributed by atoms with Crippen LogP contribution in [0.1, 0.15) is 19.3 Å². The monoisotopic (exact) mass is 408 g/mol. The Bertz CT molecular complexity index is 502. The van der Waals surface area contributed by atoms with Gasteiger partial charge in [-0.15, -0.1) is 0 Å². The van der Waals surface area contributed by atoms with E-state index in [1.54, 1.807) is 0 Å². The van der Waals surface area contributed by atoms with E-state index >= 15 is 0 Å². The van der Waals surface area contributed by atoms with Crippen LogP contribution in [-0.2, 0) is 14.4 Å². The van der Waals surface area contributed by atoms with Crippen LogP contribution in [0.2, 0.25) is 0 Å². The Hall–Kier alpha value is -1.66. The molecule has 9 N–H and O–H groups in total. The van der Waals surface area contributed by atoms with Gasteiger partial charge in [-0.25, -0.2) is 4.79 Å². The highest BCUT2D eigenvalue weighted by atomic mass is 32.2. The number of aliphatic imine (C=N–C) groups is 1. The lowest BCUT2D eigenvalue weighted by Gasteiger charge is -2.22. The number of amides is 2. The SMILES string of the molecule is CSCCC(NC(=O)C(CCCN=C(N)N)NC(=O)C(N)CS)C(=O)O. The molecule has 0 aliphatic heterocycles. The van der Waals surface area contributed by atoms with Crippen LogP contribution in [0.3, 0.4) is 0 Å². The van der Waals surface area contributed by atoms with E-state index in [0.717, 1.165) is 0 Å². The van der Waals surface area contributed by atoms with Gasteiger partial charge in [0.2, 0.25) is 11.8 Å². The summed E-state index contributed by atoms with van der Waals surface area (Å²) in [6.45, 7) is 0.273. The summed E-state index contributed by atoms with van der Waals surface area (Å²) in [7, 11) is 0. The molecule has 0 bridgehead atoms. The first-order valence-corrected chi connectivity index (χ1v) is 9.99. The highest BCUT2D eigenvalue weighted by Crippen LogP contribution is 2.04. The minimum atomic E-state index is -1.13. The topological polar surface area (TPSA) is 186 Å². The molecule has 150 valence electrons. The van der Waals surface area contributed by atoms with Gasteiger partial charge in [-0.1, -0.05) is 0 Å². The highest BCUT2D eigenvalue weighted by molar-refractivity contribution is 7.98. The molecule has 0 saturated heterocycles. The van der Waals surface area contributed by atoms with Crippen molar-refractivity contribution in [2.75, 3.05) is 24.3 Å². The molecule has 0 saturated carbocycles. The molecule has 2 amide bonds. The second-order valence-electron chi connectivity index (χ2n) is 5.48. The third kappa shape index (κ3) is 10.4. The molecule has 0 radical (unpaired) electrons. The van der Waals surface area contributed by atoms with Gasteiger partial charge in [-0.05, 0) is 31.3 Å². The molecule has 0 rings (SSSR count). The van der Waals surface area contributed by atoms with E-state index in [2.05, 4.69) is 28.3 Å². The number of rotatable bonds is 13. The maximum Gasteiger partial charge on any atom is 0.326 e. The van der Waals surface area contributed by atoms with Crippen LogP contribution < -0.4 is 27.8 Å². The van der Waals surface area contributed by atoms with E-state index in [1.807, 2.05) is 6.26 Å². The van der Waals surface area contributed by atoms with Crippen LogP contribution in [0, 0.1) is 0 Å². The number of thioether (sulfide) groups is 1. The van der Waals surface area contributed by atoms with Crippen LogP contribution in [0.15, 0.2) is 4.99 Å². The van der Waals surface area contributed by atoms with E-state index in [1.165, 1.54) is 11.8 Å². The fraction of sp³-hybridized carbons (Fsp3) is 0.714. The van der Waals surface area contributed by atoms with Crippen LogP contribution in [0.4, 0.5) is 0 Å². The molecule has 3 atom stereocenters. The Labute approximate surface area is 162 Å². The Morgan fingerprint density at radius 3 is 2.27 bits per heavy atom. The zero-order valence-electron chi connectivity index (χ0n) is 14.7. The van der Waals surface area contributed by atoms with Crippen LogP contribution in [0.25, 0.3) is 0 Å². The third-order valence-corrected chi connectivity index (χ3v) is 4.37. The van der Waals surface area contributed by atoms with Gasteiger partial charge in [-0.2, -0.15) is 24.4 Å². The van der Waals surface area contributed by atoms with Crippen molar-refractivity contribution in [1.82, 2.24) is 10.6 Å². The first-order chi connectivity index (χ1) is 12.2. The standard InChI is InChI=1S/C14H28N6O4S2/c1-26-6-4-10(13(23)24)20-12(22)9(3-2-5-18-14(16)17)19-11(21)8(15)7-25/h8-10,25H,2-7,15H2,1H3,(H,19,21)(H,20,22)(H,23,24)(H4,16,17,18). The summed E-state index contributed by atoms with van der Waals surface area (Å²) in [5.74, 6) is -1.66. The fourth-order valence-corrected chi connectivity index (χ4v) is 2.54. The van der Waals surface area contributed by atoms with Gasteiger partial charge in [0.15, 0.2) is 5.96 Å². The average Bonchev–Trinajstić information content (AvgIpc) is 2.59. The zero-order chi connectivity index (χ0) is 20.1. The molecule has 0 aliphatic carbocycles. The van der Waals surface area contributed by atoms with Crippen molar-refractivity contribution in [3.8, 4) is 0 Å². The van der Waals surface area contributed by atoms with Gasteiger partial charge < -0.3 is 32.9 Å². The summed E-state index contributed by atoms with van der Waals surface area (Å²) in [6, 6.07) is -2.86. The number of carbonyl (C=O) groups excluding carboxylic acids is 2. The normalized spacial score (nSPS) is 14.0. The van der Waals surface area contributed by atoms with Crippen molar-refractivity contribution in [1.29, 1.82) is 0 Å². The first kappa shape index (κ1) is 24.3. The summed E-state index contributed by atoms with van der Waals surface area (Å²) >= 11 is 5.42. The summed E-state index contributed by atoms with van der Waals surface area (Å²) in [4.78, 5) is 39.5. The number of nitrogens with two attached hydrogens (primary N) is 3. The van der Waals surface area contributed by atoms with Crippen molar-refractivity contribution in [3.05, 3.63) is 0 Å². The first-order valence-electron chi connectivity index (χ1n) is 7.97. The molecule has 0 aromatic heterocycles. The minimum Gasteiger partial charge on any atom is -0.480 e. The maximum atomic E-state index is 12.5. The molecule has 3 unspecified atom stereocenters. The second-order valence-corrected chi connectivity index (χ2v) is 6.83. The molecular weight excluding hydrogens is 380 g/mol. The number of thiol groups is 1. The summed E-state index contributed by atoms with van der Waals surface area (Å²) in [6.07, 6.45) is 2.75. The lowest BCUT2D eigenvalue weighted by molar-refractivity contribution is -0.142. The van der Waals surface area contributed by atoms with Crippen LogP contribution in [-0.4, -0.2) is 71.3 Å². The van der Waals surface area contributed by atoms with Crippen LogP contribution in [0.5, 0.6) is 0 Å². The van der Waals surface area contributed by atoms with Crippen molar-refractivity contribution in [3.63, 3.8) is 0 Å². The van der Waals surface area contributed by atoms with Crippen molar-refractivity contribution < 1.29 is 19.5 Å². The maximum absolute atomic E-state index is 12.5. The van der Waals surface area contributed by atoms with E-state index in [4.69, 9.17) is 17.2 Å². The highest BCUT2D eigenvalue weighted by Gasteiger charge is 2.27. The lowest BCUT2D eigenvalue weighted by atomic mass is 10.1. The molecule has 0 aromatic rings. The molecule has 0 aliphatic rings. The molecule has 26 heavy (non-hydrogen) atoms. The number of hydrogen-bond acceptors (Lipinski definition) is 7. The molecule has 0 aromatic carbocycles. The van der Waals surface area contributed by atoms with E-state index < -0.39 is 35.9 Å². The average molecular weight is 409 g/mol. The molecule has 0 heterocycles. The van der Waals surface area contributed by atoms with Gasteiger partial charge in [0, 0.05) is 12.3 Å². The Morgan fingerprint density at radius 2 is 1.77 bits per heavy atom. The van der Waals surface area contributed by atoms with E-state index in [0.29, 0.717) is 12.2 Å². The Kier molecular flexibility index (Phi) is 12.7. The lowest BCUT2D eigenvalue weighted by Crippen LogP contribution is -2.54. The predicted octanol–water partition coefficient (Wildman–Crippen LogP) is -1.90. The molecule has 10 nitrogen and oxygen atoms in total. The van der Waals surface area contributed by atoms with Crippen LogP contribution >= 0.6 is 24.4 Å². The molecular formula is C14H28N6O4S2. The van der Waals surface area contributed by atoms with Gasteiger partial charge in [-0.3, -0.25) is 14.6 Å².